The van der Waals surface area contributed by atoms with Crippen LogP contribution in [0.3, 0.4) is 0 Å². The van der Waals surface area contributed by atoms with E-state index in [1.807, 2.05) is 0 Å². The molecule has 3 N–H and O–H groups in total. The third-order valence-corrected chi connectivity index (χ3v) is 18.2. The average molecular weight is 668 g/mol. The van der Waals surface area contributed by atoms with Gasteiger partial charge in [-0.15, -0.1) is 0 Å². The molecular weight excluding hydrogens is 602 g/mol. The summed E-state index contributed by atoms with van der Waals surface area (Å²) in [6, 6.07) is 11.6. The van der Waals surface area contributed by atoms with Crippen LogP contribution < -0.4 is 0 Å². The van der Waals surface area contributed by atoms with E-state index in [0.29, 0.717) is 58.8 Å². The molecule has 4 nitrogen and oxygen atoms in total. The molecule has 4 heteroatoms. The maximum Gasteiger partial charge on any atom is 0.0861 e. The Bertz CT molecular complexity index is 1410. The van der Waals surface area contributed by atoms with Gasteiger partial charge in [0.05, 0.1) is 17.8 Å². The number of benzene rings is 1. The van der Waals surface area contributed by atoms with Gasteiger partial charge in [-0.1, -0.05) is 55.8 Å². The summed E-state index contributed by atoms with van der Waals surface area (Å²) in [7, 11) is 0. The zero-order valence-electron chi connectivity index (χ0n) is 30.3. The van der Waals surface area contributed by atoms with Crippen molar-refractivity contribution in [2.75, 3.05) is 13.1 Å². The lowest BCUT2D eigenvalue weighted by Crippen LogP contribution is -2.71. The maximum absolute atomic E-state index is 13.9. The Hall–Kier alpha value is -1.20. The van der Waals surface area contributed by atoms with Crippen molar-refractivity contribution in [2.45, 2.75) is 140 Å². The number of piperidine rings is 2. The Morgan fingerprint density at radius 3 is 2.57 bits per heavy atom. The van der Waals surface area contributed by atoms with Crippen LogP contribution in [0.25, 0.3) is 0 Å². The van der Waals surface area contributed by atoms with E-state index in [1.54, 1.807) is 0 Å². The predicted molar refractivity (Wildman–Crippen MR) is 194 cm³/mol. The smallest absolute Gasteiger partial charge is 0.0861 e. The van der Waals surface area contributed by atoms with Crippen molar-refractivity contribution in [3.8, 4) is 0 Å². The van der Waals surface area contributed by atoms with Gasteiger partial charge in [0.1, 0.15) is 0 Å². The van der Waals surface area contributed by atoms with Crippen LogP contribution in [0.1, 0.15) is 115 Å². The van der Waals surface area contributed by atoms with Gasteiger partial charge in [0.25, 0.3) is 0 Å². The molecule has 0 radical (unpaired) electrons. The van der Waals surface area contributed by atoms with E-state index in [2.05, 4.69) is 54.3 Å². The molecule has 17 atom stereocenters. The van der Waals surface area contributed by atoms with Crippen molar-refractivity contribution in [1.29, 1.82) is 0 Å². The van der Waals surface area contributed by atoms with Crippen molar-refractivity contribution >= 4 is 0 Å². The highest BCUT2D eigenvalue weighted by Crippen LogP contribution is 2.72. The fraction of sp³-hybridized carbons (Fsp3) is 0.822. The standard InChI is InChI=1S/C45H65NO3/c1-28-11-14-40-45(49,31-9-5-17-43(25-31)19-15-30(24-43)21-29-7-3-2-4-8-29)37-13-12-33-35-23-39(48)38-22-32(47)16-20-44(38)18-6-10-34(42(35)44)41(33)36(37)27-46(40)26-28/h2-4,6-8,10,28,30-42,47-49H,5,9,11-27H2,1H3. The number of aliphatic hydroxyl groups excluding tert-OH is 2. The Kier molecular flexibility index (Phi) is 7.89. The molecule has 9 aliphatic rings. The molecule has 2 spiro atoms. The van der Waals surface area contributed by atoms with Crippen LogP contribution in [0.15, 0.2) is 42.5 Å². The van der Waals surface area contributed by atoms with Gasteiger partial charge in [0.2, 0.25) is 0 Å². The largest absolute Gasteiger partial charge is 0.393 e. The van der Waals surface area contributed by atoms with Gasteiger partial charge in [0, 0.05) is 19.1 Å². The summed E-state index contributed by atoms with van der Waals surface area (Å²) in [6.07, 6.45) is 25.0. The van der Waals surface area contributed by atoms with Crippen molar-refractivity contribution in [2.24, 2.45) is 75.9 Å². The van der Waals surface area contributed by atoms with Crippen molar-refractivity contribution < 1.29 is 15.3 Å². The van der Waals surface area contributed by atoms with Crippen LogP contribution >= 0.6 is 0 Å². The molecule has 6 saturated carbocycles. The van der Waals surface area contributed by atoms with E-state index >= 15 is 0 Å². The van der Waals surface area contributed by atoms with E-state index in [1.165, 1.54) is 95.7 Å². The second-order valence-corrected chi connectivity index (χ2v) is 20.2. The minimum Gasteiger partial charge on any atom is -0.393 e. The van der Waals surface area contributed by atoms with Crippen LogP contribution in [-0.4, -0.2) is 57.2 Å². The summed E-state index contributed by atoms with van der Waals surface area (Å²) in [6.45, 7) is 4.82. The number of allylic oxidation sites excluding steroid dienone is 2. The highest BCUT2D eigenvalue weighted by molar-refractivity contribution is 5.25. The SMILES string of the molecule is CC1CCC2N(C1)CC1C3C4C=CCC56CCC(O)CC5C(O)CC(C3CCC1C2(O)C1CCCC2(CCC(Cc3ccccc3)C2)C1)C46. The van der Waals surface area contributed by atoms with Crippen LogP contribution in [0, 0.1) is 75.9 Å². The number of aliphatic hydroxyl groups is 3. The van der Waals surface area contributed by atoms with E-state index in [-0.39, 0.29) is 23.5 Å². The van der Waals surface area contributed by atoms with Crippen LogP contribution in [0.4, 0.5) is 0 Å². The second-order valence-electron chi connectivity index (χ2n) is 20.2. The summed E-state index contributed by atoms with van der Waals surface area (Å²) < 4.78 is 0. The lowest BCUT2D eigenvalue weighted by Gasteiger charge is -2.64. The van der Waals surface area contributed by atoms with Gasteiger partial charge in [-0.25, -0.2) is 0 Å². The second kappa shape index (κ2) is 11.9. The number of hydrogen-bond acceptors (Lipinski definition) is 4. The van der Waals surface area contributed by atoms with Gasteiger partial charge >= 0.3 is 0 Å². The fourth-order valence-electron chi connectivity index (χ4n) is 16.7. The molecule has 1 aromatic carbocycles. The number of hydrogen-bond donors (Lipinski definition) is 3. The molecule has 7 aliphatic carbocycles. The lowest BCUT2D eigenvalue weighted by molar-refractivity contribution is -0.222. The van der Waals surface area contributed by atoms with E-state index in [0.717, 1.165) is 43.9 Å². The first-order valence-corrected chi connectivity index (χ1v) is 21.3. The minimum absolute atomic E-state index is 0.176. The molecule has 0 aromatic heterocycles. The fourth-order valence-corrected chi connectivity index (χ4v) is 16.7. The molecule has 49 heavy (non-hydrogen) atoms. The third kappa shape index (κ3) is 4.88. The molecule has 2 heterocycles. The van der Waals surface area contributed by atoms with E-state index < -0.39 is 5.60 Å². The molecule has 2 aliphatic heterocycles. The summed E-state index contributed by atoms with van der Waals surface area (Å²) >= 11 is 0. The number of rotatable bonds is 3. The maximum atomic E-state index is 13.9. The molecule has 1 aromatic rings. The first kappa shape index (κ1) is 32.5. The van der Waals surface area contributed by atoms with Gasteiger partial charge in [-0.3, -0.25) is 4.90 Å². The van der Waals surface area contributed by atoms with Crippen molar-refractivity contribution in [3.63, 3.8) is 0 Å². The van der Waals surface area contributed by atoms with E-state index in [9.17, 15) is 15.3 Å². The van der Waals surface area contributed by atoms with Gasteiger partial charge in [-0.2, -0.15) is 0 Å². The Balaban J connectivity index is 0.973. The molecule has 10 rings (SSSR count). The molecule has 2 saturated heterocycles. The summed E-state index contributed by atoms with van der Waals surface area (Å²) in [4.78, 5) is 2.87. The molecule has 8 fully saturated rings. The molecule has 0 bridgehead atoms. The van der Waals surface area contributed by atoms with Crippen molar-refractivity contribution in [3.05, 3.63) is 48.0 Å². The van der Waals surface area contributed by atoms with Gasteiger partial charge in [-0.05, 0) is 184 Å². The average Bonchev–Trinajstić information content (AvgIpc) is 3.64. The number of fused-ring (bicyclic) bond motifs is 6. The molecule has 268 valence electrons. The topological polar surface area (TPSA) is 63.9 Å². The predicted octanol–water partition coefficient (Wildman–Crippen LogP) is 8.04. The van der Waals surface area contributed by atoms with Crippen LogP contribution in [0.2, 0.25) is 0 Å². The first-order valence-electron chi connectivity index (χ1n) is 21.3. The third-order valence-electron chi connectivity index (χ3n) is 18.2. The summed E-state index contributed by atoms with van der Waals surface area (Å²) in [5.41, 5.74) is 1.55. The first-order chi connectivity index (χ1) is 23.8. The molecule has 17 unspecified atom stereocenters. The van der Waals surface area contributed by atoms with Crippen LogP contribution in [0.5, 0.6) is 0 Å². The quantitative estimate of drug-likeness (QED) is 0.286. The summed E-state index contributed by atoms with van der Waals surface area (Å²) in [5, 5.41) is 36.4. The van der Waals surface area contributed by atoms with Crippen molar-refractivity contribution in [1.82, 2.24) is 4.90 Å². The Labute approximate surface area is 296 Å². The monoisotopic (exact) mass is 667 g/mol. The van der Waals surface area contributed by atoms with Gasteiger partial charge < -0.3 is 15.3 Å². The normalized spacial score (nSPS) is 54.9. The molecular formula is C45H65NO3. The zero-order chi connectivity index (χ0) is 33.1. The lowest BCUT2D eigenvalue weighted by atomic mass is 9.47. The Morgan fingerprint density at radius 2 is 1.69 bits per heavy atom. The number of nitrogens with zero attached hydrogens (tertiary/aromatic N) is 1. The van der Waals surface area contributed by atoms with E-state index in [4.69, 9.17) is 0 Å². The molecule has 0 amide bonds. The van der Waals surface area contributed by atoms with Crippen LogP contribution in [-0.2, 0) is 6.42 Å². The highest BCUT2D eigenvalue weighted by atomic mass is 16.3. The zero-order valence-corrected chi connectivity index (χ0v) is 30.3. The highest BCUT2D eigenvalue weighted by Gasteiger charge is 2.70. The van der Waals surface area contributed by atoms with Gasteiger partial charge in [0.15, 0.2) is 0 Å². The Morgan fingerprint density at radius 1 is 0.816 bits per heavy atom. The minimum atomic E-state index is -0.570. The summed E-state index contributed by atoms with van der Waals surface area (Å²) in [5.74, 6) is 6.40.